The van der Waals surface area contributed by atoms with Gasteiger partial charge in [-0.15, -0.1) is 0 Å². The molecular formula is C17H21N3O2. The fraction of sp³-hybridized carbons (Fsp3) is 0.412. The average molecular weight is 299 g/mol. The van der Waals surface area contributed by atoms with Crippen LogP contribution in [0.4, 0.5) is 0 Å². The Morgan fingerprint density at radius 3 is 2.95 bits per heavy atom. The molecule has 0 bridgehead atoms. The van der Waals surface area contributed by atoms with Gasteiger partial charge >= 0.3 is 0 Å². The molecule has 0 aliphatic carbocycles. The first-order chi connectivity index (χ1) is 10.7. The number of likely N-dealkylation sites (N-methyl/N-ethyl adjacent to an activating group) is 1. The van der Waals surface area contributed by atoms with E-state index in [1.54, 1.807) is 12.3 Å². The molecule has 1 amide bonds. The second-order valence-electron chi connectivity index (χ2n) is 5.77. The fourth-order valence-corrected chi connectivity index (χ4v) is 3.25. The summed E-state index contributed by atoms with van der Waals surface area (Å²) >= 11 is 0. The van der Waals surface area contributed by atoms with E-state index >= 15 is 0 Å². The molecule has 1 atom stereocenters. The van der Waals surface area contributed by atoms with E-state index in [0.717, 1.165) is 31.4 Å². The van der Waals surface area contributed by atoms with Crippen molar-refractivity contribution in [2.24, 2.45) is 0 Å². The lowest BCUT2D eigenvalue weighted by Gasteiger charge is -2.25. The highest BCUT2D eigenvalue weighted by Gasteiger charge is 2.28. The number of aromatic nitrogens is 1. The Labute approximate surface area is 129 Å². The SMILES string of the molecule is CNC[C@@H]1CCCN1C(=O)Cn1ccc(=O)c2ccccc21. The van der Waals surface area contributed by atoms with Gasteiger partial charge in [-0.1, -0.05) is 12.1 Å². The van der Waals surface area contributed by atoms with Crippen LogP contribution in [0, 0.1) is 0 Å². The van der Waals surface area contributed by atoms with Crippen molar-refractivity contribution in [1.82, 2.24) is 14.8 Å². The predicted molar refractivity (Wildman–Crippen MR) is 86.9 cm³/mol. The average Bonchev–Trinajstić information content (AvgIpc) is 2.99. The monoisotopic (exact) mass is 299 g/mol. The fourth-order valence-electron chi connectivity index (χ4n) is 3.25. The summed E-state index contributed by atoms with van der Waals surface area (Å²) in [5.74, 6) is 0.117. The Morgan fingerprint density at radius 1 is 1.32 bits per heavy atom. The molecule has 1 aromatic heterocycles. The minimum atomic E-state index is -0.00599. The number of benzene rings is 1. The predicted octanol–water partition coefficient (Wildman–Crippen LogP) is 1.21. The topological polar surface area (TPSA) is 54.3 Å². The molecular weight excluding hydrogens is 278 g/mol. The number of nitrogens with one attached hydrogen (secondary N) is 1. The molecule has 1 aromatic carbocycles. The van der Waals surface area contributed by atoms with Crippen LogP contribution in [0.2, 0.25) is 0 Å². The summed E-state index contributed by atoms with van der Waals surface area (Å²) in [5, 5.41) is 3.81. The van der Waals surface area contributed by atoms with Crippen LogP contribution in [-0.4, -0.2) is 41.6 Å². The molecule has 22 heavy (non-hydrogen) atoms. The first-order valence-electron chi connectivity index (χ1n) is 7.73. The van der Waals surface area contributed by atoms with Gasteiger partial charge in [-0.05, 0) is 32.0 Å². The third-order valence-electron chi connectivity index (χ3n) is 4.33. The van der Waals surface area contributed by atoms with E-state index in [0.29, 0.717) is 5.39 Å². The zero-order valence-electron chi connectivity index (χ0n) is 12.8. The summed E-state index contributed by atoms with van der Waals surface area (Å²) in [7, 11) is 1.91. The highest BCUT2D eigenvalue weighted by Crippen LogP contribution is 2.18. The summed E-state index contributed by atoms with van der Waals surface area (Å²) in [4.78, 5) is 26.5. The van der Waals surface area contributed by atoms with E-state index in [4.69, 9.17) is 0 Å². The molecule has 0 saturated carbocycles. The van der Waals surface area contributed by atoms with Gasteiger partial charge in [-0.25, -0.2) is 0 Å². The summed E-state index contributed by atoms with van der Waals surface area (Å²) in [6.45, 7) is 1.93. The number of rotatable bonds is 4. The summed E-state index contributed by atoms with van der Waals surface area (Å²) in [6, 6.07) is 9.24. The highest BCUT2D eigenvalue weighted by molar-refractivity contribution is 5.82. The quantitative estimate of drug-likeness (QED) is 0.923. The molecule has 1 fully saturated rings. The van der Waals surface area contributed by atoms with E-state index in [1.807, 2.05) is 34.7 Å². The van der Waals surface area contributed by atoms with E-state index in [9.17, 15) is 9.59 Å². The molecule has 0 radical (unpaired) electrons. The first-order valence-corrected chi connectivity index (χ1v) is 7.73. The van der Waals surface area contributed by atoms with Crippen LogP contribution in [0.15, 0.2) is 41.3 Å². The van der Waals surface area contributed by atoms with Crippen molar-refractivity contribution in [1.29, 1.82) is 0 Å². The van der Waals surface area contributed by atoms with Crippen molar-refractivity contribution in [2.75, 3.05) is 20.1 Å². The van der Waals surface area contributed by atoms with Crippen LogP contribution in [0.5, 0.6) is 0 Å². The minimum Gasteiger partial charge on any atom is -0.338 e. The van der Waals surface area contributed by atoms with Crippen LogP contribution < -0.4 is 10.7 Å². The van der Waals surface area contributed by atoms with Crippen molar-refractivity contribution < 1.29 is 4.79 Å². The third kappa shape index (κ3) is 2.76. The highest BCUT2D eigenvalue weighted by atomic mass is 16.2. The Bertz CT molecular complexity index is 738. The van der Waals surface area contributed by atoms with Gasteiger partial charge in [-0.2, -0.15) is 0 Å². The smallest absolute Gasteiger partial charge is 0.242 e. The number of amides is 1. The van der Waals surface area contributed by atoms with E-state index in [-0.39, 0.29) is 23.9 Å². The summed E-state index contributed by atoms with van der Waals surface area (Å²) < 4.78 is 1.87. The number of fused-ring (bicyclic) bond motifs is 1. The van der Waals surface area contributed by atoms with Crippen LogP contribution in [-0.2, 0) is 11.3 Å². The summed E-state index contributed by atoms with van der Waals surface area (Å²) in [6.07, 6.45) is 3.83. The Kier molecular flexibility index (Phi) is 4.24. The van der Waals surface area contributed by atoms with Gasteiger partial charge in [0, 0.05) is 36.8 Å². The van der Waals surface area contributed by atoms with Gasteiger partial charge in [0.05, 0.1) is 5.52 Å². The number of nitrogens with zero attached hydrogens (tertiary/aromatic N) is 2. The van der Waals surface area contributed by atoms with Crippen molar-refractivity contribution in [3.05, 3.63) is 46.8 Å². The number of carbonyl (C=O) groups excluding carboxylic acids is 1. The van der Waals surface area contributed by atoms with Crippen molar-refractivity contribution >= 4 is 16.8 Å². The zero-order valence-corrected chi connectivity index (χ0v) is 12.8. The molecule has 1 saturated heterocycles. The third-order valence-corrected chi connectivity index (χ3v) is 4.33. The van der Waals surface area contributed by atoms with Crippen LogP contribution in [0.1, 0.15) is 12.8 Å². The Balaban J connectivity index is 1.86. The molecule has 2 heterocycles. The van der Waals surface area contributed by atoms with Crippen LogP contribution >= 0.6 is 0 Å². The second-order valence-corrected chi connectivity index (χ2v) is 5.77. The first kappa shape index (κ1) is 14.8. The molecule has 5 heteroatoms. The Hall–Kier alpha value is -2.14. The molecule has 0 spiro atoms. The van der Waals surface area contributed by atoms with Gasteiger partial charge in [0.15, 0.2) is 5.43 Å². The number of carbonyl (C=O) groups is 1. The lowest BCUT2D eigenvalue weighted by atomic mass is 10.2. The number of hydrogen-bond acceptors (Lipinski definition) is 3. The van der Waals surface area contributed by atoms with Gasteiger partial charge in [0.25, 0.3) is 0 Å². The molecule has 5 nitrogen and oxygen atoms in total. The molecule has 3 rings (SSSR count). The van der Waals surface area contributed by atoms with Gasteiger partial charge in [0.2, 0.25) is 5.91 Å². The summed E-state index contributed by atoms with van der Waals surface area (Å²) in [5.41, 5.74) is 0.807. The molecule has 0 unspecified atom stereocenters. The molecule has 1 aliphatic heterocycles. The van der Waals surface area contributed by atoms with Gasteiger partial charge in [-0.3, -0.25) is 9.59 Å². The number of para-hydroxylation sites is 1. The van der Waals surface area contributed by atoms with E-state index in [1.165, 1.54) is 6.07 Å². The van der Waals surface area contributed by atoms with Crippen molar-refractivity contribution in [3.63, 3.8) is 0 Å². The standard InChI is InChI=1S/C17H21N3O2/c1-18-11-13-5-4-9-20(13)17(22)12-19-10-8-16(21)14-6-2-3-7-15(14)19/h2-3,6-8,10,13,18H,4-5,9,11-12H2,1H3/t13-/m0/s1. The van der Waals surface area contributed by atoms with E-state index < -0.39 is 0 Å². The number of pyridine rings is 1. The van der Waals surface area contributed by atoms with Crippen LogP contribution in [0.3, 0.4) is 0 Å². The largest absolute Gasteiger partial charge is 0.338 e. The lowest BCUT2D eigenvalue weighted by molar-refractivity contribution is -0.132. The maximum Gasteiger partial charge on any atom is 0.242 e. The van der Waals surface area contributed by atoms with Crippen LogP contribution in [0.25, 0.3) is 10.9 Å². The molecule has 2 aromatic rings. The maximum absolute atomic E-state index is 12.6. The normalized spacial score (nSPS) is 18.0. The number of hydrogen-bond donors (Lipinski definition) is 1. The molecule has 116 valence electrons. The van der Waals surface area contributed by atoms with Crippen molar-refractivity contribution in [2.45, 2.75) is 25.4 Å². The van der Waals surface area contributed by atoms with Gasteiger partial charge < -0.3 is 14.8 Å². The Morgan fingerprint density at radius 2 is 2.14 bits per heavy atom. The van der Waals surface area contributed by atoms with E-state index in [2.05, 4.69) is 5.32 Å². The molecule has 1 aliphatic rings. The minimum absolute atomic E-state index is 0.00599. The second kappa shape index (κ2) is 6.32. The zero-order chi connectivity index (χ0) is 15.5. The maximum atomic E-state index is 12.6. The van der Waals surface area contributed by atoms with Crippen molar-refractivity contribution in [3.8, 4) is 0 Å². The number of likely N-dealkylation sites (tertiary alicyclic amines) is 1. The van der Waals surface area contributed by atoms with Gasteiger partial charge in [0.1, 0.15) is 6.54 Å². The molecule has 1 N–H and O–H groups in total. The lowest BCUT2D eigenvalue weighted by Crippen LogP contribution is -2.42.